The fourth-order valence-corrected chi connectivity index (χ4v) is 13.5. The molecule has 0 aliphatic carbocycles. The molecule has 0 N–H and O–H groups in total. The largest absolute Gasteiger partial charge is 0.264 e. The molecule has 0 spiro atoms. The highest BCUT2D eigenvalue weighted by molar-refractivity contribution is 6.18. The number of fused-ring (bicyclic) bond motifs is 10. The van der Waals surface area contributed by atoms with Gasteiger partial charge in [-0.15, -0.1) is 0 Å². The first-order chi connectivity index (χ1) is 45.6. The molecule has 0 radical (unpaired) electrons. The fourth-order valence-electron chi connectivity index (χ4n) is 13.5. The molecule has 4 nitrogen and oxygen atoms in total. The Hall–Kier alpha value is -12.2. The van der Waals surface area contributed by atoms with Crippen LogP contribution in [0.4, 0.5) is 0 Å². The Morgan fingerprint density at radius 1 is 0.185 bits per heavy atom. The predicted octanol–water partition coefficient (Wildman–Crippen LogP) is 23.5. The molecular formula is C88H56N4. The Kier molecular flexibility index (Phi) is 13.5. The van der Waals surface area contributed by atoms with Gasteiger partial charge >= 0.3 is 0 Å². The van der Waals surface area contributed by atoms with Crippen LogP contribution in [0.25, 0.3) is 176 Å². The van der Waals surface area contributed by atoms with E-state index in [1.807, 2.05) is 36.8 Å². The van der Waals surface area contributed by atoms with Crippen LogP contribution in [0.15, 0.2) is 340 Å². The minimum Gasteiger partial charge on any atom is -0.264 e. The third-order valence-corrected chi connectivity index (χ3v) is 18.2. The van der Waals surface area contributed by atoms with Crippen molar-refractivity contribution in [1.29, 1.82) is 0 Å². The monoisotopic (exact) mass is 1170 g/mol. The maximum absolute atomic E-state index is 5.41. The van der Waals surface area contributed by atoms with Crippen LogP contribution >= 0.6 is 0 Å². The van der Waals surface area contributed by atoms with Gasteiger partial charge < -0.3 is 0 Å². The molecule has 14 aromatic carbocycles. The number of benzene rings is 14. The van der Waals surface area contributed by atoms with Crippen molar-refractivity contribution in [3.8, 4) is 89.4 Å². The highest BCUT2D eigenvalue weighted by atomic mass is 14.7. The van der Waals surface area contributed by atoms with E-state index in [9.17, 15) is 0 Å². The van der Waals surface area contributed by atoms with Gasteiger partial charge in [0.15, 0.2) is 0 Å². The van der Waals surface area contributed by atoms with Gasteiger partial charge in [0.2, 0.25) is 0 Å². The number of pyridine rings is 4. The number of hydrogen-bond donors (Lipinski definition) is 0. The van der Waals surface area contributed by atoms with Gasteiger partial charge in [0.1, 0.15) is 0 Å². The molecule has 4 aromatic heterocycles. The van der Waals surface area contributed by atoms with Gasteiger partial charge in [-0.05, 0) is 176 Å². The molecule has 0 fully saturated rings. The van der Waals surface area contributed by atoms with Crippen molar-refractivity contribution in [3.05, 3.63) is 340 Å². The van der Waals surface area contributed by atoms with E-state index in [1.54, 1.807) is 0 Å². The lowest BCUT2D eigenvalue weighted by Crippen LogP contribution is -1.94. The maximum atomic E-state index is 5.41. The zero-order valence-electron chi connectivity index (χ0n) is 50.1. The lowest BCUT2D eigenvalue weighted by molar-refractivity contribution is 1.33. The molecule has 4 heteroatoms. The Morgan fingerprint density at radius 2 is 0.543 bits per heavy atom. The van der Waals surface area contributed by atoms with Crippen molar-refractivity contribution in [2.45, 2.75) is 0 Å². The topological polar surface area (TPSA) is 51.6 Å². The summed E-state index contributed by atoms with van der Waals surface area (Å²) in [5.74, 6) is 0. The Balaban J connectivity index is 0.000000141. The molecule has 0 aliphatic heterocycles. The van der Waals surface area contributed by atoms with E-state index in [-0.39, 0.29) is 0 Å². The van der Waals surface area contributed by atoms with E-state index in [0.29, 0.717) is 0 Å². The third-order valence-electron chi connectivity index (χ3n) is 18.2. The maximum Gasteiger partial charge on any atom is 0.0794 e. The van der Waals surface area contributed by atoms with E-state index < -0.39 is 0 Å². The Bertz CT molecular complexity index is 5500. The van der Waals surface area contributed by atoms with Crippen molar-refractivity contribution in [1.82, 2.24) is 19.9 Å². The smallest absolute Gasteiger partial charge is 0.0794 e. The molecule has 92 heavy (non-hydrogen) atoms. The van der Waals surface area contributed by atoms with Gasteiger partial charge in [-0.3, -0.25) is 9.97 Å². The van der Waals surface area contributed by atoms with Crippen LogP contribution in [0.3, 0.4) is 0 Å². The molecule has 0 saturated heterocycles. The molecule has 0 aliphatic rings. The van der Waals surface area contributed by atoms with Gasteiger partial charge in [0.05, 0.1) is 28.1 Å². The summed E-state index contributed by atoms with van der Waals surface area (Å²) in [4.78, 5) is 19.7. The van der Waals surface area contributed by atoms with Gasteiger partial charge in [0, 0.05) is 56.8 Å². The first-order valence-corrected chi connectivity index (χ1v) is 31.3. The Morgan fingerprint density at radius 3 is 0.967 bits per heavy atom. The van der Waals surface area contributed by atoms with Crippen molar-refractivity contribution < 1.29 is 0 Å². The first kappa shape index (κ1) is 54.0. The van der Waals surface area contributed by atoms with E-state index in [0.717, 1.165) is 77.5 Å². The average molecular weight is 1170 g/mol. The fraction of sp³-hybridized carbons (Fsp3) is 0. The van der Waals surface area contributed by atoms with Crippen LogP contribution in [0.1, 0.15) is 0 Å². The normalized spacial score (nSPS) is 11.5. The van der Waals surface area contributed by atoms with Crippen LogP contribution < -0.4 is 0 Å². The standard InChI is InChI=1S/2C44H28N2/c1-3-11-33-25-35(22-16-29(33)9-1)40-28-43(36-23-17-30-10-2-4-12-34(30)26-36)46-44-38-14-6-5-13-37(38)39(27-41(40)44)31-18-20-32(21-19-31)42-15-7-8-24-45-42;1-3-10-33-24-35(21-17-29(33)8-1)41-27-43(36-22-18-30-9-2-4-11-34(30)25-36)46-44-39-14-6-5-13-38(39)40(26-42(41)44)32-19-15-31(16-20-32)37-12-7-23-45-28-37/h2*1-28H. The molecule has 0 saturated carbocycles. The molecule has 428 valence electrons. The van der Waals surface area contributed by atoms with Gasteiger partial charge in [-0.2, -0.15) is 0 Å². The predicted molar refractivity (Wildman–Crippen MR) is 388 cm³/mol. The molecule has 0 amide bonds. The van der Waals surface area contributed by atoms with E-state index >= 15 is 0 Å². The summed E-state index contributed by atoms with van der Waals surface area (Å²) in [7, 11) is 0. The zero-order chi connectivity index (χ0) is 60.9. The van der Waals surface area contributed by atoms with E-state index in [1.165, 1.54) is 98.4 Å². The van der Waals surface area contributed by atoms with Crippen LogP contribution in [0, 0.1) is 0 Å². The minimum absolute atomic E-state index is 0.971. The van der Waals surface area contributed by atoms with Gasteiger partial charge in [-0.25, -0.2) is 9.97 Å². The van der Waals surface area contributed by atoms with Crippen molar-refractivity contribution in [3.63, 3.8) is 0 Å². The van der Waals surface area contributed by atoms with E-state index in [2.05, 4.69) is 313 Å². The highest BCUT2D eigenvalue weighted by Gasteiger charge is 2.20. The number of rotatable bonds is 8. The van der Waals surface area contributed by atoms with Crippen molar-refractivity contribution in [2.75, 3.05) is 0 Å². The summed E-state index contributed by atoms with van der Waals surface area (Å²) in [6, 6.07) is 115. The van der Waals surface area contributed by atoms with Crippen LogP contribution in [-0.2, 0) is 0 Å². The van der Waals surface area contributed by atoms with Crippen molar-refractivity contribution >= 4 is 86.4 Å². The second kappa shape index (κ2) is 23.0. The van der Waals surface area contributed by atoms with E-state index in [4.69, 9.17) is 9.97 Å². The summed E-state index contributed by atoms with van der Waals surface area (Å²) in [5.41, 5.74) is 20.0. The SMILES string of the molecule is c1ccc(-c2ccc(-c3cc4c(-c5ccc6ccccc6c5)cc(-c5ccc6ccccc6c5)nc4c4ccccc34)cc2)nc1.c1cncc(-c2ccc(-c3cc4c(-c5ccc6ccccc6c5)cc(-c5ccc6ccccc6c5)nc4c4ccccc34)cc2)c1. The van der Waals surface area contributed by atoms with Crippen LogP contribution in [0.2, 0.25) is 0 Å². The summed E-state index contributed by atoms with van der Waals surface area (Å²) < 4.78 is 0. The second-order valence-electron chi connectivity index (χ2n) is 23.7. The lowest BCUT2D eigenvalue weighted by atomic mass is 9.90. The summed E-state index contributed by atoms with van der Waals surface area (Å²) in [6.07, 6.45) is 5.56. The second-order valence-corrected chi connectivity index (χ2v) is 23.7. The number of nitrogens with zero attached hydrogens (tertiary/aromatic N) is 4. The third kappa shape index (κ3) is 10.0. The molecule has 0 atom stereocenters. The number of hydrogen-bond acceptors (Lipinski definition) is 4. The zero-order valence-corrected chi connectivity index (χ0v) is 50.1. The lowest BCUT2D eigenvalue weighted by Gasteiger charge is -2.16. The molecule has 0 unspecified atom stereocenters. The molecular weight excluding hydrogens is 1110 g/mol. The average Bonchev–Trinajstić information content (AvgIpc) is 0.788. The van der Waals surface area contributed by atoms with Crippen LogP contribution in [0.5, 0.6) is 0 Å². The highest BCUT2D eigenvalue weighted by Crippen LogP contribution is 2.44. The van der Waals surface area contributed by atoms with Gasteiger partial charge in [0.25, 0.3) is 0 Å². The first-order valence-electron chi connectivity index (χ1n) is 31.3. The molecule has 18 rings (SSSR count). The molecule has 0 bridgehead atoms. The minimum atomic E-state index is 0.971. The summed E-state index contributed by atoms with van der Waals surface area (Å²) >= 11 is 0. The van der Waals surface area contributed by atoms with Gasteiger partial charge in [-0.1, -0.05) is 255 Å². The Labute approximate surface area is 532 Å². The summed E-state index contributed by atoms with van der Waals surface area (Å²) in [5, 5.41) is 16.8. The van der Waals surface area contributed by atoms with Crippen LogP contribution in [-0.4, -0.2) is 19.9 Å². The van der Waals surface area contributed by atoms with Crippen molar-refractivity contribution in [2.24, 2.45) is 0 Å². The summed E-state index contributed by atoms with van der Waals surface area (Å²) in [6.45, 7) is 0. The molecule has 18 aromatic rings. The number of aromatic nitrogens is 4. The quantitative estimate of drug-likeness (QED) is 0.142. The molecule has 4 heterocycles.